The van der Waals surface area contributed by atoms with Crippen LogP contribution >= 0.6 is 8.96 Å². The second-order valence-electron chi connectivity index (χ2n) is 0.960. The fourth-order valence-electron chi connectivity index (χ4n) is 0.273. The van der Waals surface area contributed by atoms with Gasteiger partial charge < -0.3 is 9.61 Å². The summed E-state index contributed by atoms with van der Waals surface area (Å²) in [5.74, 6) is 0. The molecule has 1 aliphatic rings. The van der Waals surface area contributed by atoms with Crippen LogP contribution in [-0.4, -0.2) is 6.61 Å². The van der Waals surface area contributed by atoms with Crippen LogP contribution in [0.3, 0.4) is 0 Å². The Bertz CT molecular complexity index is 55.8. The molecular formula is C3H6NOP. The highest BCUT2D eigenvalue weighted by molar-refractivity contribution is 7.29. The van der Waals surface area contributed by atoms with Gasteiger partial charge in [0.05, 0.1) is 6.61 Å². The normalized spacial score (nSPS) is 24.0. The standard InChI is InChI=1S/C3H6NOP/c1-2-4-6-5-3-1/h1-2,4,6H,3H2. The lowest BCUT2D eigenvalue weighted by atomic mass is 10.7. The summed E-state index contributed by atoms with van der Waals surface area (Å²) < 4.78 is 4.90. The quantitative estimate of drug-likeness (QED) is 0.454. The molecule has 6 heavy (non-hydrogen) atoms. The van der Waals surface area contributed by atoms with Crippen molar-refractivity contribution < 1.29 is 4.52 Å². The third-order valence-electron chi connectivity index (χ3n) is 0.512. The molecular weight excluding hydrogens is 97.0 g/mol. The van der Waals surface area contributed by atoms with E-state index in [1.165, 1.54) is 0 Å². The van der Waals surface area contributed by atoms with E-state index in [0.717, 1.165) is 6.61 Å². The fourth-order valence-corrected chi connectivity index (χ4v) is 0.721. The molecule has 0 radical (unpaired) electrons. The van der Waals surface area contributed by atoms with Crippen molar-refractivity contribution >= 4 is 8.96 Å². The maximum Gasteiger partial charge on any atom is 0.114 e. The minimum atomic E-state index is 0.465. The van der Waals surface area contributed by atoms with Crippen LogP contribution in [0.2, 0.25) is 0 Å². The zero-order valence-corrected chi connectivity index (χ0v) is 4.27. The van der Waals surface area contributed by atoms with Crippen LogP contribution in [0.25, 0.3) is 0 Å². The van der Waals surface area contributed by atoms with E-state index in [0.29, 0.717) is 8.96 Å². The van der Waals surface area contributed by atoms with Crippen molar-refractivity contribution in [3.05, 3.63) is 12.3 Å². The molecule has 0 bridgehead atoms. The van der Waals surface area contributed by atoms with Crippen LogP contribution in [0, 0.1) is 0 Å². The highest BCUT2D eigenvalue weighted by Gasteiger charge is 1.83. The van der Waals surface area contributed by atoms with Gasteiger partial charge in [-0.2, -0.15) is 0 Å². The van der Waals surface area contributed by atoms with Crippen molar-refractivity contribution in [2.75, 3.05) is 6.61 Å². The van der Waals surface area contributed by atoms with E-state index in [1.807, 2.05) is 12.3 Å². The average molecular weight is 103 g/mol. The molecule has 0 saturated carbocycles. The Labute approximate surface area is 38.5 Å². The molecule has 1 aliphatic heterocycles. The Morgan fingerprint density at radius 1 is 1.83 bits per heavy atom. The predicted octanol–water partition coefficient (Wildman–Crippen LogP) is 0.628. The molecule has 3 heteroatoms. The molecule has 0 saturated heterocycles. The third-order valence-corrected chi connectivity index (χ3v) is 1.11. The van der Waals surface area contributed by atoms with Gasteiger partial charge in [0.25, 0.3) is 0 Å². The zero-order chi connectivity index (χ0) is 4.24. The second kappa shape index (κ2) is 2.17. The number of nitrogens with one attached hydrogen (secondary N) is 1. The largest absolute Gasteiger partial charge is 0.352 e. The second-order valence-corrected chi connectivity index (χ2v) is 1.74. The van der Waals surface area contributed by atoms with E-state index in [4.69, 9.17) is 4.52 Å². The molecule has 1 heterocycles. The van der Waals surface area contributed by atoms with E-state index >= 15 is 0 Å². The smallest absolute Gasteiger partial charge is 0.114 e. The maximum absolute atomic E-state index is 4.90. The lowest BCUT2D eigenvalue weighted by molar-refractivity contribution is 0.405. The molecule has 0 aromatic carbocycles. The first kappa shape index (κ1) is 4.10. The maximum atomic E-state index is 4.90. The Morgan fingerprint density at radius 2 is 2.83 bits per heavy atom. The Kier molecular flexibility index (Phi) is 1.48. The molecule has 34 valence electrons. The summed E-state index contributed by atoms with van der Waals surface area (Å²) >= 11 is 0. The van der Waals surface area contributed by atoms with E-state index in [9.17, 15) is 0 Å². The summed E-state index contributed by atoms with van der Waals surface area (Å²) in [5.41, 5.74) is 0. The predicted molar refractivity (Wildman–Crippen MR) is 26.5 cm³/mol. The van der Waals surface area contributed by atoms with Crippen LogP contribution in [0.4, 0.5) is 0 Å². The minimum Gasteiger partial charge on any atom is -0.352 e. The summed E-state index contributed by atoms with van der Waals surface area (Å²) in [7, 11) is 0.465. The van der Waals surface area contributed by atoms with Gasteiger partial charge in [0.2, 0.25) is 0 Å². The van der Waals surface area contributed by atoms with Crippen molar-refractivity contribution in [2.24, 2.45) is 0 Å². The number of rotatable bonds is 0. The van der Waals surface area contributed by atoms with E-state index in [2.05, 4.69) is 5.09 Å². The summed E-state index contributed by atoms with van der Waals surface area (Å²) in [6.07, 6.45) is 3.85. The van der Waals surface area contributed by atoms with Gasteiger partial charge >= 0.3 is 0 Å². The van der Waals surface area contributed by atoms with E-state index < -0.39 is 0 Å². The molecule has 2 nitrogen and oxygen atoms in total. The third kappa shape index (κ3) is 0.959. The molecule has 1 N–H and O–H groups in total. The Hall–Kier alpha value is -0.0700. The number of hydrogen-bond acceptors (Lipinski definition) is 2. The summed E-state index contributed by atoms with van der Waals surface area (Å²) in [6, 6.07) is 0. The zero-order valence-electron chi connectivity index (χ0n) is 3.27. The van der Waals surface area contributed by atoms with Gasteiger partial charge in [0.1, 0.15) is 8.96 Å². The van der Waals surface area contributed by atoms with Gasteiger partial charge in [-0.05, 0) is 12.3 Å². The first-order valence-electron chi connectivity index (χ1n) is 1.77. The van der Waals surface area contributed by atoms with Crippen molar-refractivity contribution in [3.8, 4) is 0 Å². The van der Waals surface area contributed by atoms with Crippen molar-refractivity contribution in [1.82, 2.24) is 5.09 Å². The average Bonchev–Trinajstić information content (AvgIpc) is 1.72. The molecule has 1 atom stereocenters. The first-order valence-corrected chi connectivity index (χ1v) is 2.68. The van der Waals surface area contributed by atoms with E-state index in [1.54, 1.807) is 0 Å². The van der Waals surface area contributed by atoms with Gasteiger partial charge in [-0.1, -0.05) is 0 Å². The monoisotopic (exact) mass is 103 g/mol. The fraction of sp³-hybridized carbons (Fsp3) is 0.333. The molecule has 1 unspecified atom stereocenters. The summed E-state index contributed by atoms with van der Waals surface area (Å²) in [5, 5.41) is 2.91. The molecule has 0 amide bonds. The summed E-state index contributed by atoms with van der Waals surface area (Å²) in [4.78, 5) is 0. The van der Waals surface area contributed by atoms with Crippen LogP contribution in [0.5, 0.6) is 0 Å². The van der Waals surface area contributed by atoms with Crippen LogP contribution in [-0.2, 0) is 4.52 Å². The molecule has 0 aromatic heterocycles. The topological polar surface area (TPSA) is 21.3 Å². The van der Waals surface area contributed by atoms with Crippen LogP contribution < -0.4 is 5.09 Å². The Balaban J connectivity index is 2.26. The lowest BCUT2D eigenvalue weighted by Gasteiger charge is -2.03. The first-order chi connectivity index (χ1) is 3.00. The van der Waals surface area contributed by atoms with Gasteiger partial charge in [0.15, 0.2) is 0 Å². The lowest BCUT2D eigenvalue weighted by Crippen LogP contribution is -1.96. The van der Waals surface area contributed by atoms with Crippen LogP contribution in [0.1, 0.15) is 0 Å². The molecule has 0 aliphatic carbocycles. The van der Waals surface area contributed by atoms with Crippen molar-refractivity contribution in [1.29, 1.82) is 0 Å². The summed E-state index contributed by atoms with van der Waals surface area (Å²) in [6.45, 7) is 0.769. The number of hydrogen-bond donors (Lipinski definition) is 1. The van der Waals surface area contributed by atoms with Crippen molar-refractivity contribution in [2.45, 2.75) is 0 Å². The highest BCUT2D eigenvalue weighted by atomic mass is 31.1. The molecule has 0 fully saturated rings. The molecule has 1 rings (SSSR count). The minimum absolute atomic E-state index is 0.465. The van der Waals surface area contributed by atoms with Gasteiger partial charge in [-0.3, -0.25) is 0 Å². The highest BCUT2D eigenvalue weighted by Crippen LogP contribution is 2.07. The van der Waals surface area contributed by atoms with Crippen molar-refractivity contribution in [3.63, 3.8) is 0 Å². The SMILES string of the molecule is C1=CNPOC1. The molecule has 0 spiro atoms. The van der Waals surface area contributed by atoms with Gasteiger partial charge in [0, 0.05) is 0 Å². The molecule has 0 aromatic rings. The van der Waals surface area contributed by atoms with Gasteiger partial charge in [-0.25, -0.2) is 0 Å². The van der Waals surface area contributed by atoms with Gasteiger partial charge in [-0.15, -0.1) is 0 Å². The Morgan fingerprint density at radius 3 is 3.00 bits per heavy atom. The van der Waals surface area contributed by atoms with E-state index in [-0.39, 0.29) is 0 Å². The van der Waals surface area contributed by atoms with Crippen LogP contribution in [0.15, 0.2) is 12.3 Å².